The zero-order chi connectivity index (χ0) is 13.9. The predicted octanol–water partition coefficient (Wildman–Crippen LogP) is 1.25. The average Bonchev–Trinajstić information content (AvgIpc) is 2.49. The molecule has 1 fully saturated rings. The van der Waals surface area contributed by atoms with Crippen LogP contribution < -0.4 is 14.8 Å². The minimum atomic E-state index is -0.600. The number of fused-ring (bicyclic) bond motifs is 1. The van der Waals surface area contributed by atoms with Crippen LogP contribution in [-0.4, -0.2) is 35.9 Å². The van der Waals surface area contributed by atoms with E-state index in [-0.39, 0.29) is 24.7 Å². The molecule has 2 aliphatic rings. The normalized spacial score (nSPS) is 28.8. The molecule has 1 atom stereocenters. The molecule has 0 bridgehead atoms. The van der Waals surface area contributed by atoms with Crippen molar-refractivity contribution in [2.24, 2.45) is 0 Å². The summed E-state index contributed by atoms with van der Waals surface area (Å²) < 4.78 is 11.2. The van der Waals surface area contributed by atoms with E-state index < -0.39 is 6.10 Å². The lowest BCUT2D eigenvalue weighted by molar-refractivity contribution is -0.131. The fraction of sp³-hybridized carbons (Fsp3) is 0.533. The molecule has 2 N–H and O–H groups in total. The van der Waals surface area contributed by atoms with Crippen molar-refractivity contribution in [3.05, 3.63) is 24.3 Å². The maximum Gasteiger partial charge on any atom is 0.264 e. The molecule has 5 nitrogen and oxygen atoms in total. The molecule has 0 unspecified atom stereocenters. The topological polar surface area (TPSA) is 67.8 Å². The van der Waals surface area contributed by atoms with Crippen molar-refractivity contribution in [3.8, 4) is 11.5 Å². The highest BCUT2D eigenvalue weighted by Crippen LogP contribution is 2.31. The molecule has 0 aromatic heterocycles. The third-order valence-corrected chi connectivity index (χ3v) is 3.84. The fourth-order valence-corrected chi connectivity index (χ4v) is 2.66. The van der Waals surface area contributed by atoms with E-state index in [2.05, 4.69) is 5.32 Å². The van der Waals surface area contributed by atoms with Crippen molar-refractivity contribution in [1.29, 1.82) is 0 Å². The van der Waals surface area contributed by atoms with Crippen LogP contribution in [0.4, 0.5) is 0 Å². The standard InChI is InChI=1S/C15H19NO4/c17-11-7-5-10(6-8-11)16-15(18)14-9-19-12-3-1-2-4-13(12)20-14/h1-4,10-11,14,17H,5-9H2,(H,16,18)/t10?,11?,14-/m1/s1. The number of hydrogen-bond donors (Lipinski definition) is 2. The number of aliphatic hydroxyl groups excluding tert-OH is 1. The second-order valence-corrected chi connectivity index (χ2v) is 5.38. The van der Waals surface area contributed by atoms with Gasteiger partial charge in [0.15, 0.2) is 11.5 Å². The van der Waals surface area contributed by atoms with Gasteiger partial charge in [0, 0.05) is 6.04 Å². The number of benzene rings is 1. The van der Waals surface area contributed by atoms with Crippen LogP contribution in [0.5, 0.6) is 11.5 Å². The Labute approximate surface area is 117 Å². The lowest BCUT2D eigenvalue weighted by Crippen LogP contribution is -2.48. The van der Waals surface area contributed by atoms with Crippen LogP contribution in [0.3, 0.4) is 0 Å². The second kappa shape index (κ2) is 5.71. The minimum Gasteiger partial charge on any atom is -0.485 e. The molecule has 108 valence electrons. The summed E-state index contributed by atoms with van der Waals surface area (Å²) in [4.78, 5) is 12.2. The van der Waals surface area contributed by atoms with Crippen molar-refractivity contribution in [1.82, 2.24) is 5.32 Å². The quantitative estimate of drug-likeness (QED) is 0.853. The van der Waals surface area contributed by atoms with E-state index in [9.17, 15) is 9.90 Å². The van der Waals surface area contributed by atoms with Gasteiger partial charge >= 0.3 is 0 Å². The molecular formula is C15H19NO4. The van der Waals surface area contributed by atoms with Gasteiger partial charge in [-0.15, -0.1) is 0 Å². The Balaban J connectivity index is 1.56. The summed E-state index contributed by atoms with van der Waals surface area (Å²) in [5, 5.41) is 12.4. The zero-order valence-electron chi connectivity index (χ0n) is 11.2. The molecule has 1 aliphatic carbocycles. The molecule has 1 amide bonds. The first-order valence-corrected chi connectivity index (χ1v) is 7.09. The highest BCUT2D eigenvalue weighted by atomic mass is 16.6. The third-order valence-electron chi connectivity index (χ3n) is 3.84. The Morgan fingerprint density at radius 3 is 2.60 bits per heavy atom. The highest BCUT2D eigenvalue weighted by Gasteiger charge is 2.29. The summed E-state index contributed by atoms with van der Waals surface area (Å²) in [6, 6.07) is 7.48. The zero-order valence-corrected chi connectivity index (χ0v) is 11.2. The number of hydrogen-bond acceptors (Lipinski definition) is 4. The first-order chi connectivity index (χ1) is 9.72. The van der Waals surface area contributed by atoms with Gasteiger partial charge in [-0.3, -0.25) is 4.79 Å². The van der Waals surface area contributed by atoms with Crippen molar-refractivity contribution in [3.63, 3.8) is 0 Å². The Morgan fingerprint density at radius 2 is 1.85 bits per heavy atom. The Morgan fingerprint density at radius 1 is 1.15 bits per heavy atom. The number of ether oxygens (including phenoxy) is 2. The van der Waals surface area contributed by atoms with Crippen LogP contribution in [0.1, 0.15) is 25.7 Å². The number of rotatable bonds is 2. The summed E-state index contributed by atoms with van der Waals surface area (Å²) in [5.74, 6) is 1.15. The minimum absolute atomic E-state index is 0.131. The van der Waals surface area contributed by atoms with Gasteiger partial charge in [-0.25, -0.2) is 0 Å². The van der Waals surface area contributed by atoms with Gasteiger partial charge < -0.3 is 19.9 Å². The number of carbonyl (C=O) groups is 1. The molecule has 0 spiro atoms. The molecular weight excluding hydrogens is 258 g/mol. The number of nitrogens with one attached hydrogen (secondary N) is 1. The largest absolute Gasteiger partial charge is 0.485 e. The summed E-state index contributed by atoms with van der Waals surface area (Å²) in [6.07, 6.45) is 2.31. The molecule has 1 aromatic rings. The van der Waals surface area contributed by atoms with Crippen molar-refractivity contribution in [2.45, 2.75) is 43.9 Å². The molecule has 1 aromatic carbocycles. The first kappa shape index (κ1) is 13.2. The van der Waals surface area contributed by atoms with E-state index >= 15 is 0 Å². The smallest absolute Gasteiger partial charge is 0.264 e. The van der Waals surface area contributed by atoms with Gasteiger partial charge in [-0.2, -0.15) is 0 Å². The monoisotopic (exact) mass is 277 g/mol. The molecule has 0 radical (unpaired) electrons. The van der Waals surface area contributed by atoms with E-state index in [0.29, 0.717) is 11.5 Å². The predicted molar refractivity (Wildman–Crippen MR) is 72.8 cm³/mol. The molecule has 1 saturated carbocycles. The summed E-state index contributed by atoms with van der Waals surface area (Å²) in [5.41, 5.74) is 0. The molecule has 20 heavy (non-hydrogen) atoms. The fourth-order valence-electron chi connectivity index (χ4n) is 2.66. The van der Waals surface area contributed by atoms with Crippen LogP contribution in [0, 0.1) is 0 Å². The maximum absolute atomic E-state index is 12.2. The number of carbonyl (C=O) groups excluding carboxylic acids is 1. The van der Waals surface area contributed by atoms with E-state index in [4.69, 9.17) is 9.47 Å². The second-order valence-electron chi connectivity index (χ2n) is 5.38. The third kappa shape index (κ3) is 2.88. The van der Waals surface area contributed by atoms with Crippen LogP contribution in [0.2, 0.25) is 0 Å². The molecule has 0 saturated heterocycles. The van der Waals surface area contributed by atoms with Gasteiger partial charge in [0.2, 0.25) is 6.10 Å². The molecule has 3 rings (SSSR count). The number of aliphatic hydroxyl groups is 1. The van der Waals surface area contributed by atoms with Gasteiger partial charge in [-0.1, -0.05) is 12.1 Å². The van der Waals surface area contributed by atoms with E-state index in [1.807, 2.05) is 18.2 Å². The van der Waals surface area contributed by atoms with Crippen LogP contribution >= 0.6 is 0 Å². The summed E-state index contributed by atoms with van der Waals surface area (Å²) in [6.45, 7) is 0.234. The molecule has 1 aliphatic heterocycles. The van der Waals surface area contributed by atoms with Gasteiger partial charge in [0.25, 0.3) is 5.91 Å². The Hall–Kier alpha value is -1.75. The van der Waals surface area contributed by atoms with E-state index in [1.165, 1.54) is 0 Å². The Bertz CT molecular complexity index is 483. The van der Waals surface area contributed by atoms with Gasteiger partial charge in [-0.05, 0) is 37.8 Å². The van der Waals surface area contributed by atoms with Gasteiger partial charge in [0.05, 0.1) is 6.10 Å². The van der Waals surface area contributed by atoms with Crippen LogP contribution in [-0.2, 0) is 4.79 Å². The van der Waals surface area contributed by atoms with E-state index in [1.54, 1.807) is 6.07 Å². The maximum atomic E-state index is 12.2. The SMILES string of the molecule is O=C(NC1CCC(O)CC1)[C@H]1COc2ccccc2O1. The summed E-state index contributed by atoms with van der Waals surface area (Å²) >= 11 is 0. The molecule has 1 heterocycles. The van der Waals surface area contributed by atoms with Crippen molar-refractivity contribution in [2.75, 3.05) is 6.61 Å². The number of amides is 1. The van der Waals surface area contributed by atoms with Crippen molar-refractivity contribution < 1.29 is 19.4 Å². The average molecular weight is 277 g/mol. The van der Waals surface area contributed by atoms with Crippen LogP contribution in [0.15, 0.2) is 24.3 Å². The first-order valence-electron chi connectivity index (χ1n) is 7.09. The Kier molecular flexibility index (Phi) is 3.78. The van der Waals surface area contributed by atoms with E-state index in [0.717, 1.165) is 25.7 Å². The number of para-hydroxylation sites is 2. The highest BCUT2D eigenvalue weighted by molar-refractivity contribution is 5.82. The summed E-state index contributed by atoms with van der Waals surface area (Å²) in [7, 11) is 0. The van der Waals surface area contributed by atoms with Gasteiger partial charge in [0.1, 0.15) is 6.61 Å². The lowest BCUT2D eigenvalue weighted by atomic mass is 9.93. The lowest BCUT2D eigenvalue weighted by Gasteiger charge is -2.30. The molecule has 5 heteroatoms. The van der Waals surface area contributed by atoms with Crippen molar-refractivity contribution >= 4 is 5.91 Å². The van der Waals surface area contributed by atoms with Crippen LogP contribution in [0.25, 0.3) is 0 Å².